The summed E-state index contributed by atoms with van der Waals surface area (Å²) in [5.41, 5.74) is 7.93. The molecule has 0 atom stereocenters. The van der Waals surface area contributed by atoms with Gasteiger partial charge in [-0.3, -0.25) is 0 Å². The second-order valence-electron chi connectivity index (χ2n) is 8.39. The van der Waals surface area contributed by atoms with Gasteiger partial charge in [-0.25, -0.2) is 15.0 Å². The van der Waals surface area contributed by atoms with Gasteiger partial charge in [0.2, 0.25) is 0 Å². The molecule has 1 aliphatic rings. The fraction of sp³-hybridized carbons (Fsp3) is 0.522. The van der Waals surface area contributed by atoms with E-state index in [1.54, 1.807) is 6.20 Å². The molecule has 0 saturated carbocycles. The smallest absolute Gasteiger partial charge is 0.152 e. The quantitative estimate of drug-likeness (QED) is 0.312. The Morgan fingerprint density at radius 3 is 2.00 bits per heavy atom. The van der Waals surface area contributed by atoms with Gasteiger partial charge in [0.1, 0.15) is 0 Å². The Hall–Kier alpha value is -3.11. The summed E-state index contributed by atoms with van der Waals surface area (Å²) >= 11 is 0. The Morgan fingerprint density at radius 2 is 1.39 bits per heavy atom. The van der Waals surface area contributed by atoms with Crippen molar-refractivity contribution in [3.63, 3.8) is 0 Å². The third-order valence-corrected chi connectivity index (χ3v) is 5.92. The van der Waals surface area contributed by atoms with E-state index in [0.717, 1.165) is 89.8 Å². The first-order valence-corrected chi connectivity index (χ1v) is 11.9. The molecule has 178 valence electrons. The van der Waals surface area contributed by atoms with E-state index in [4.69, 9.17) is 5.73 Å². The first-order chi connectivity index (χ1) is 16.3. The normalized spacial score (nSPS) is 13.5. The molecule has 0 saturated heterocycles. The van der Waals surface area contributed by atoms with Crippen LogP contribution in [0.2, 0.25) is 0 Å². The van der Waals surface area contributed by atoms with Crippen LogP contribution in [0.25, 0.3) is 0 Å². The van der Waals surface area contributed by atoms with E-state index in [0.29, 0.717) is 5.69 Å². The molecule has 0 aromatic carbocycles. The van der Waals surface area contributed by atoms with Crippen LogP contribution in [-0.2, 0) is 13.1 Å². The lowest BCUT2D eigenvalue weighted by Gasteiger charge is -2.38. The molecule has 33 heavy (non-hydrogen) atoms. The van der Waals surface area contributed by atoms with Gasteiger partial charge in [0.05, 0.1) is 30.2 Å². The average Bonchev–Trinajstić information content (AvgIpc) is 3.53. The monoisotopic (exact) mass is 452 g/mol. The summed E-state index contributed by atoms with van der Waals surface area (Å²) in [7, 11) is 0. The van der Waals surface area contributed by atoms with E-state index in [1.807, 2.05) is 37.4 Å². The van der Waals surface area contributed by atoms with Crippen LogP contribution >= 0.6 is 0 Å². The predicted octanol–water partition coefficient (Wildman–Crippen LogP) is 1.04. The summed E-state index contributed by atoms with van der Waals surface area (Å²) in [5, 5.41) is 7.11. The lowest BCUT2D eigenvalue weighted by atomic mass is 10.2. The summed E-state index contributed by atoms with van der Waals surface area (Å²) in [5.74, 6) is 1.04. The van der Waals surface area contributed by atoms with Crippen molar-refractivity contribution >= 4 is 17.2 Å². The van der Waals surface area contributed by atoms with Gasteiger partial charge in [0.15, 0.2) is 5.82 Å². The third kappa shape index (κ3) is 6.93. The molecule has 4 rings (SSSR count). The van der Waals surface area contributed by atoms with Gasteiger partial charge in [-0.1, -0.05) is 0 Å². The molecule has 4 N–H and O–H groups in total. The summed E-state index contributed by atoms with van der Waals surface area (Å²) < 4.78 is 4.22. The van der Waals surface area contributed by atoms with Crippen molar-refractivity contribution in [1.82, 2.24) is 34.7 Å². The zero-order valence-electron chi connectivity index (χ0n) is 19.3. The maximum atomic E-state index is 6.08. The third-order valence-electron chi connectivity index (χ3n) is 5.92. The summed E-state index contributed by atoms with van der Waals surface area (Å²) in [6, 6.07) is 2.06. The fourth-order valence-corrected chi connectivity index (χ4v) is 4.14. The minimum Gasteiger partial charge on any atom is -0.397 e. The molecule has 0 unspecified atom stereocenters. The highest BCUT2D eigenvalue weighted by Gasteiger charge is 2.23. The van der Waals surface area contributed by atoms with Crippen LogP contribution in [0, 0.1) is 0 Å². The van der Waals surface area contributed by atoms with E-state index in [-0.39, 0.29) is 0 Å². The summed E-state index contributed by atoms with van der Waals surface area (Å²) in [6.45, 7) is 9.69. The first-order valence-electron chi connectivity index (χ1n) is 11.9. The van der Waals surface area contributed by atoms with Crippen molar-refractivity contribution in [3.8, 4) is 0 Å². The molecule has 3 aromatic rings. The number of aryl methyl sites for hydroxylation is 2. The highest BCUT2D eigenvalue weighted by atomic mass is 15.3. The Labute approximate surface area is 195 Å². The molecule has 0 bridgehead atoms. The number of nitrogens with two attached hydrogens (primary N) is 1. The molecule has 10 nitrogen and oxygen atoms in total. The lowest BCUT2D eigenvalue weighted by Crippen LogP contribution is -2.46. The molecular weight excluding hydrogens is 416 g/mol. The van der Waals surface area contributed by atoms with Crippen LogP contribution in [0.4, 0.5) is 17.2 Å². The topological polar surface area (TPSA) is 105 Å². The van der Waals surface area contributed by atoms with Crippen molar-refractivity contribution in [2.45, 2.75) is 25.9 Å². The molecule has 0 aliphatic carbocycles. The number of rotatable bonds is 14. The zero-order valence-corrected chi connectivity index (χ0v) is 19.3. The van der Waals surface area contributed by atoms with Crippen LogP contribution in [-0.4, -0.2) is 76.4 Å². The molecule has 0 fully saturated rings. The average molecular weight is 453 g/mol. The van der Waals surface area contributed by atoms with Crippen LogP contribution < -0.4 is 26.2 Å². The molecule has 0 radical (unpaired) electrons. The second kappa shape index (κ2) is 12.2. The number of nitrogens with one attached hydrogen (secondary N) is 2. The molecular formula is C23H36N10. The largest absolute Gasteiger partial charge is 0.397 e. The van der Waals surface area contributed by atoms with E-state index < -0.39 is 0 Å². The van der Waals surface area contributed by atoms with Gasteiger partial charge >= 0.3 is 0 Å². The van der Waals surface area contributed by atoms with Gasteiger partial charge in [-0.05, 0) is 32.0 Å². The Kier molecular flexibility index (Phi) is 8.54. The minimum absolute atomic E-state index is 0.714. The fourth-order valence-electron chi connectivity index (χ4n) is 4.14. The minimum atomic E-state index is 0.714. The molecule has 0 amide bonds. The molecule has 1 aliphatic heterocycles. The van der Waals surface area contributed by atoms with E-state index in [9.17, 15) is 0 Å². The predicted molar refractivity (Wildman–Crippen MR) is 133 cm³/mol. The summed E-state index contributed by atoms with van der Waals surface area (Å²) in [4.78, 5) is 17.6. The molecule has 10 heteroatoms. The summed E-state index contributed by atoms with van der Waals surface area (Å²) in [6.07, 6.45) is 15.3. The standard InChI is InChI=1S/C23H36N10/c24-21-17-22-23(29-18-21)33(14-8-26-4-2-10-31-12-6-28-20-31)16-15-32(22)13-7-25-3-1-9-30-11-5-27-19-30/h5-6,11-12,17-20,25-26H,1-4,7-10,13-16,24H2. The van der Waals surface area contributed by atoms with Gasteiger partial charge in [-0.15, -0.1) is 0 Å². The Morgan fingerprint density at radius 1 is 0.788 bits per heavy atom. The first kappa shape index (κ1) is 23.1. The number of nitrogens with zero attached hydrogens (tertiary/aromatic N) is 7. The van der Waals surface area contributed by atoms with Crippen LogP contribution in [0.15, 0.2) is 49.7 Å². The lowest BCUT2D eigenvalue weighted by molar-refractivity contribution is 0.563. The number of fused-ring (bicyclic) bond motifs is 1. The van der Waals surface area contributed by atoms with Gasteiger partial charge in [-0.2, -0.15) is 0 Å². The number of nitrogen functional groups attached to an aromatic ring is 1. The number of aromatic nitrogens is 5. The number of pyridine rings is 1. The number of hydrogen-bond donors (Lipinski definition) is 3. The Balaban J connectivity index is 1.18. The van der Waals surface area contributed by atoms with E-state index in [1.165, 1.54) is 0 Å². The van der Waals surface area contributed by atoms with Gasteiger partial charge < -0.3 is 35.3 Å². The maximum absolute atomic E-state index is 6.08. The molecule has 0 spiro atoms. The maximum Gasteiger partial charge on any atom is 0.152 e. The van der Waals surface area contributed by atoms with E-state index >= 15 is 0 Å². The van der Waals surface area contributed by atoms with E-state index in [2.05, 4.69) is 50.6 Å². The van der Waals surface area contributed by atoms with Gasteiger partial charge in [0, 0.05) is 77.1 Å². The highest BCUT2D eigenvalue weighted by Crippen LogP contribution is 2.31. The molecule has 3 aromatic heterocycles. The molecule has 4 heterocycles. The van der Waals surface area contributed by atoms with Crippen molar-refractivity contribution in [1.29, 1.82) is 0 Å². The van der Waals surface area contributed by atoms with Crippen molar-refractivity contribution in [2.24, 2.45) is 0 Å². The Bertz CT molecular complexity index is 925. The van der Waals surface area contributed by atoms with Crippen molar-refractivity contribution in [2.75, 3.05) is 67.9 Å². The zero-order chi connectivity index (χ0) is 22.7. The number of anilines is 3. The van der Waals surface area contributed by atoms with Crippen LogP contribution in [0.1, 0.15) is 12.8 Å². The second-order valence-corrected chi connectivity index (χ2v) is 8.39. The van der Waals surface area contributed by atoms with Crippen molar-refractivity contribution < 1.29 is 0 Å². The highest BCUT2D eigenvalue weighted by molar-refractivity contribution is 5.72. The number of hydrogen-bond acceptors (Lipinski definition) is 8. The van der Waals surface area contributed by atoms with Crippen LogP contribution in [0.3, 0.4) is 0 Å². The number of imidazole rings is 2. The van der Waals surface area contributed by atoms with Crippen molar-refractivity contribution in [3.05, 3.63) is 49.7 Å². The SMILES string of the molecule is Nc1cnc2c(c1)N(CCNCCCn1ccnc1)CCN2CCNCCCn1ccnc1. The van der Waals surface area contributed by atoms with Gasteiger partial charge in [0.25, 0.3) is 0 Å². The van der Waals surface area contributed by atoms with Crippen LogP contribution in [0.5, 0.6) is 0 Å².